The number of imidazole rings is 1. The van der Waals surface area contributed by atoms with E-state index in [1.807, 2.05) is 39.8 Å². The first-order chi connectivity index (χ1) is 16.6. The van der Waals surface area contributed by atoms with E-state index in [1.165, 1.54) is 7.11 Å². The molecule has 10 nitrogen and oxygen atoms in total. The number of piperazine rings is 1. The minimum absolute atomic E-state index is 0.0588. The first-order valence-corrected chi connectivity index (χ1v) is 11.6. The molecule has 0 saturated carbocycles. The number of carbonyl (C=O) groups is 2. The van der Waals surface area contributed by atoms with Crippen LogP contribution in [0.1, 0.15) is 43.6 Å². The number of aromatic nitrogens is 3. The summed E-state index contributed by atoms with van der Waals surface area (Å²) in [5.74, 6) is 0.799. The number of pyridine rings is 1. The molecular formula is C25H32N6O4. The average Bonchev–Trinajstić information content (AvgIpc) is 3.19. The van der Waals surface area contributed by atoms with E-state index in [4.69, 9.17) is 9.47 Å². The molecule has 1 fully saturated rings. The minimum atomic E-state index is -0.502. The number of esters is 1. The van der Waals surface area contributed by atoms with Crippen LogP contribution in [0, 0.1) is 0 Å². The van der Waals surface area contributed by atoms with Crippen molar-refractivity contribution in [2.24, 2.45) is 0 Å². The second-order valence-corrected chi connectivity index (χ2v) is 9.74. The van der Waals surface area contributed by atoms with Crippen molar-refractivity contribution in [2.45, 2.75) is 45.9 Å². The summed E-state index contributed by atoms with van der Waals surface area (Å²) in [5.41, 5.74) is 2.51. The quantitative estimate of drug-likeness (QED) is 0.528. The van der Waals surface area contributed by atoms with E-state index in [-0.39, 0.29) is 12.1 Å². The van der Waals surface area contributed by atoms with Crippen LogP contribution in [0.4, 0.5) is 16.6 Å². The van der Waals surface area contributed by atoms with Gasteiger partial charge in [-0.15, -0.1) is 0 Å². The highest BCUT2D eigenvalue weighted by atomic mass is 16.6. The van der Waals surface area contributed by atoms with Gasteiger partial charge in [0.1, 0.15) is 11.4 Å². The number of rotatable bonds is 5. The molecule has 1 atom stereocenters. The fraction of sp³-hybridized carbons (Fsp3) is 0.440. The molecule has 3 aromatic rings. The maximum absolute atomic E-state index is 12.5. The monoisotopic (exact) mass is 480 g/mol. The molecule has 1 aliphatic heterocycles. The Morgan fingerprint density at radius 1 is 1.20 bits per heavy atom. The topological polar surface area (TPSA) is 113 Å². The smallest absolute Gasteiger partial charge is 0.410 e. The van der Waals surface area contributed by atoms with Gasteiger partial charge in [-0.25, -0.2) is 19.6 Å². The number of benzene rings is 1. The van der Waals surface area contributed by atoms with E-state index in [1.54, 1.807) is 29.3 Å². The summed E-state index contributed by atoms with van der Waals surface area (Å²) < 4.78 is 10.3. The van der Waals surface area contributed by atoms with Crippen LogP contribution in [0.2, 0.25) is 0 Å². The Kier molecular flexibility index (Phi) is 6.93. The van der Waals surface area contributed by atoms with Crippen LogP contribution in [-0.2, 0) is 16.0 Å². The Bertz CT molecular complexity index is 1220. The number of nitrogens with one attached hydrogen (secondary N) is 2. The number of methoxy groups -OCH3 is 1. The van der Waals surface area contributed by atoms with Crippen molar-refractivity contribution in [1.82, 2.24) is 24.8 Å². The lowest BCUT2D eigenvalue weighted by atomic mass is 10.1. The lowest BCUT2D eigenvalue weighted by molar-refractivity contribution is 0.000548. The standard InChI is InChI=1S/C25H32N6O4/c1-16-14-30(10-11-31(16)24(33)35-25(2,3)4)15-17-8-9-26-21(12-17)29-23-27-19-7-6-18(22(32)34-5)13-20(19)28-23/h6-9,12-13,16H,10-11,14-15H2,1-5H3,(H2,26,27,28,29)/t16-/m1/s1. The summed E-state index contributed by atoms with van der Waals surface area (Å²) in [7, 11) is 1.35. The molecule has 35 heavy (non-hydrogen) atoms. The first-order valence-electron chi connectivity index (χ1n) is 11.6. The zero-order chi connectivity index (χ0) is 25.2. The predicted octanol–water partition coefficient (Wildman–Crippen LogP) is 3.93. The van der Waals surface area contributed by atoms with Gasteiger partial charge in [-0.3, -0.25) is 4.90 Å². The fourth-order valence-corrected chi connectivity index (χ4v) is 4.10. The van der Waals surface area contributed by atoms with Crippen molar-refractivity contribution in [3.05, 3.63) is 47.7 Å². The molecule has 2 aromatic heterocycles. The number of hydrogen-bond donors (Lipinski definition) is 2. The van der Waals surface area contributed by atoms with E-state index in [0.717, 1.165) is 36.2 Å². The van der Waals surface area contributed by atoms with Gasteiger partial charge in [-0.2, -0.15) is 0 Å². The van der Waals surface area contributed by atoms with Crippen molar-refractivity contribution >= 4 is 34.9 Å². The van der Waals surface area contributed by atoms with Crippen LogP contribution >= 0.6 is 0 Å². The summed E-state index contributed by atoms with van der Waals surface area (Å²) in [4.78, 5) is 40.5. The Labute approximate surface area is 204 Å². The second-order valence-electron chi connectivity index (χ2n) is 9.74. The highest BCUT2D eigenvalue weighted by molar-refractivity contribution is 5.94. The van der Waals surface area contributed by atoms with Crippen molar-refractivity contribution in [3.8, 4) is 0 Å². The van der Waals surface area contributed by atoms with E-state index in [2.05, 4.69) is 25.2 Å². The van der Waals surface area contributed by atoms with Crippen LogP contribution in [0.25, 0.3) is 11.0 Å². The fourth-order valence-electron chi connectivity index (χ4n) is 4.10. The molecule has 1 aliphatic rings. The van der Waals surface area contributed by atoms with E-state index < -0.39 is 11.6 Å². The van der Waals surface area contributed by atoms with Gasteiger partial charge in [0.2, 0.25) is 5.95 Å². The van der Waals surface area contributed by atoms with Crippen molar-refractivity contribution in [3.63, 3.8) is 0 Å². The summed E-state index contributed by atoms with van der Waals surface area (Å²) >= 11 is 0. The normalized spacial score (nSPS) is 16.8. The van der Waals surface area contributed by atoms with E-state index in [0.29, 0.717) is 23.9 Å². The summed E-state index contributed by atoms with van der Waals surface area (Å²) in [6.07, 6.45) is 1.50. The van der Waals surface area contributed by atoms with Crippen LogP contribution in [-0.4, -0.2) is 75.2 Å². The summed E-state index contributed by atoms with van der Waals surface area (Å²) in [5, 5.41) is 3.20. The van der Waals surface area contributed by atoms with Crippen molar-refractivity contribution in [1.29, 1.82) is 0 Å². The van der Waals surface area contributed by atoms with Crippen LogP contribution in [0.3, 0.4) is 0 Å². The number of anilines is 2. The second kappa shape index (κ2) is 9.91. The predicted molar refractivity (Wildman–Crippen MR) is 133 cm³/mol. The number of aromatic amines is 1. The number of H-pyrrole nitrogens is 1. The molecule has 0 aliphatic carbocycles. The van der Waals surface area contributed by atoms with E-state index in [9.17, 15) is 9.59 Å². The Balaban J connectivity index is 1.38. The third-order valence-corrected chi connectivity index (χ3v) is 5.72. The van der Waals surface area contributed by atoms with Gasteiger partial charge in [0.25, 0.3) is 0 Å². The van der Waals surface area contributed by atoms with Crippen molar-refractivity contribution in [2.75, 3.05) is 32.1 Å². The lowest BCUT2D eigenvalue weighted by Crippen LogP contribution is -2.54. The third kappa shape index (κ3) is 6.07. The van der Waals surface area contributed by atoms with Crippen LogP contribution in [0.15, 0.2) is 36.5 Å². The molecule has 0 spiro atoms. The molecule has 1 aromatic carbocycles. The van der Waals surface area contributed by atoms with Gasteiger partial charge < -0.3 is 24.7 Å². The molecule has 0 unspecified atom stereocenters. The number of amides is 1. The van der Waals surface area contributed by atoms with E-state index >= 15 is 0 Å². The number of carbonyl (C=O) groups excluding carboxylic acids is 2. The maximum atomic E-state index is 12.5. The number of hydrogen-bond acceptors (Lipinski definition) is 8. The highest BCUT2D eigenvalue weighted by Gasteiger charge is 2.30. The summed E-state index contributed by atoms with van der Waals surface area (Å²) in [6.45, 7) is 10.6. The van der Waals surface area contributed by atoms with Crippen molar-refractivity contribution < 1.29 is 19.1 Å². The molecule has 2 N–H and O–H groups in total. The van der Waals surface area contributed by atoms with Gasteiger partial charge in [0.15, 0.2) is 0 Å². The number of ether oxygens (including phenoxy) is 2. The molecule has 0 radical (unpaired) electrons. The zero-order valence-electron chi connectivity index (χ0n) is 20.8. The van der Waals surface area contributed by atoms with Gasteiger partial charge in [0.05, 0.1) is 23.7 Å². The first kappa shape index (κ1) is 24.5. The zero-order valence-corrected chi connectivity index (χ0v) is 20.8. The molecule has 1 amide bonds. The highest BCUT2D eigenvalue weighted by Crippen LogP contribution is 2.21. The Morgan fingerprint density at radius 3 is 2.71 bits per heavy atom. The minimum Gasteiger partial charge on any atom is -0.465 e. The summed E-state index contributed by atoms with van der Waals surface area (Å²) in [6, 6.07) is 9.19. The van der Waals surface area contributed by atoms with Crippen LogP contribution in [0.5, 0.6) is 0 Å². The molecule has 4 rings (SSSR count). The Morgan fingerprint density at radius 2 is 2.00 bits per heavy atom. The van der Waals surface area contributed by atoms with Crippen LogP contribution < -0.4 is 5.32 Å². The Hall–Kier alpha value is -3.66. The SMILES string of the molecule is COC(=O)c1ccc2nc(Nc3cc(CN4CCN(C(=O)OC(C)(C)C)[C@H](C)C4)ccn3)[nH]c2c1. The number of fused-ring (bicyclic) bond motifs is 1. The molecular weight excluding hydrogens is 448 g/mol. The molecule has 186 valence electrons. The number of nitrogens with zero attached hydrogens (tertiary/aromatic N) is 4. The molecule has 10 heteroatoms. The van der Waals surface area contributed by atoms with Gasteiger partial charge in [0, 0.05) is 38.4 Å². The van der Waals surface area contributed by atoms with Gasteiger partial charge in [-0.1, -0.05) is 0 Å². The molecule has 3 heterocycles. The van der Waals surface area contributed by atoms with Gasteiger partial charge >= 0.3 is 12.1 Å². The third-order valence-electron chi connectivity index (χ3n) is 5.72. The average molecular weight is 481 g/mol. The molecule has 0 bridgehead atoms. The van der Waals surface area contributed by atoms with Gasteiger partial charge in [-0.05, 0) is 63.6 Å². The maximum Gasteiger partial charge on any atom is 0.410 e. The lowest BCUT2D eigenvalue weighted by Gasteiger charge is -2.40. The molecule has 1 saturated heterocycles. The largest absolute Gasteiger partial charge is 0.465 e.